The van der Waals surface area contributed by atoms with Gasteiger partial charge >= 0.3 is 5.97 Å². The van der Waals surface area contributed by atoms with E-state index in [4.69, 9.17) is 10.8 Å². The van der Waals surface area contributed by atoms with Gasteiger partial charge in [0.05, 0.1) is 5.75 Å². The fraction of sp³-hybridized carbons (Fsp3) is 0.500. The maximum atomic E-state index is 11.6. The molecule has 0 aliphatic carbocycles. The summed E-state index contributed by atoms with van der Waals surface area (Å²) in [4.78, 5) is 26.3. The van der Waals surface area contributed by atoms with Gasteiger partial charge in [-0.25, -0.2) is 4.98 Å². The number of nitrogens with zero attached hydrogens (tertiary/aromatic N) is 1. The molecule has 0 spiro atoms. The molecule has 0 radical (unpaired) electrons. The maximum Gasteiger partial charge on any atom is 0.321 e. The van der Waals surface area contributed by atoms with Crippen molar-refractivity contribution in [1.29, 1.82) is 0 Å². The number of anilines is 1. The Morgan fingerprint density at radius 1 is 1.67 bits per heavy atom. The van der Waals surface area contributed by atoms with Crippen molar-refractivity contribution in [2.75, 3.05) is 11.1 Å². The first kappa shape index (κ1) is 14.9. The van der Waals surface area contributed by atoms with E-state index >= 15 is 0 Å². The highest BCUT2D eigenvalue weighted by atomic mass is 32.2. The number of hydrogen-bond donors (Lipinski definition) is 3. The second-order valence-corrected chi connectivity index (χ2v) is 6.62. The van der Waals surface area contributed by atoms with Crippen LogP contribution in [0.4, 0.5) is 5.13 Å². The van der Waals surface area contributed by atoms with E-state index in [1.54, 1.807) is 25.4 Å². The third kappa shape index (κ3) is 4.28. The highest BCUT2D eigenvalue weighted by Gasteiger charge is 2.33. The van der Waals surface area contributed by atoms with Crippen LogP contribution in [-0.4, -0.2) is 38.5 Å². The molecule has 4 N–H and O–H groups in total. The van der Waals surface area contributed by atoms with Gasteiger partial charge < -0.3 is 16.2 Å². The lowest BCUT2D eigenvalue weighted by Crippen LogP contribution is -2.47. The Morgan fingerprint density at radius 3 is 2.83 bits per heavy atom. The Kier molecular flexibility index (Phi) is 5.12. The zero-order valence-electron chi connectivity index (χ0n) is 10.0. The van der Waals surface area contributed by atoms with Gasteiger partial charge in [0, 0.05) is 16.3 Å². The van der Waals surface area contributed by atoms with E-state index in [0.717, 1.165) is 0 Å². The van der Waals surface area contributed by atoms with E-state index in [1.165, 1.54) is 23.1 Å². The predicted octanol–water partition coefficient (Wildman–Crippen LogP) is 1.01. The SMILES string of the molecule is CC(C)(SCC(=O)Nc1nccs1)[C@H](N)C(=O)O. The molecule has 1 aromatic heterocycles. The van der Waals surface area contributed by atoms with Gasteiger partial charge in [-0.1, -0.05) is 0 Å². The Balaban J connectivity index is 2.44. The van der Waals surface area contributed by atoms with Crippen molar-refractivity contribution in [3.63, 3.8) is 0 Å². The molecular weight excluding hydrogens is 274 g/mol. The first-order valence-electron chi connectivity index (χ1n) is 5.14. The zero-order valence-corrected chi connectivity index (χ0v) is 11.7. The lowest BCUT2D eigenvalue weighted by atomic mass is 10.1. The number of thiazole rings is 1. The number of carbonyl (C=O) groups is 2. The highest BCUT2D eigenvalue weighted by Crippen LogP contribution is 2.27. The third-order valence-corrected chi connectivity index (χ3v) is 4.36. The maximum absolute atomic E-state index is 11.6. The fourth-order valence-electron chi connectivity index (χ4n) is 1.08. The largest absolute Gasteiger partial charge is 0.480 e. The molecule has 6 nitrogen and oxygen atoms in total. The van der Waals surface area contributed by atoms with Crippen LogP contribution in [0.2, 0.25) is 0 Å². The van der Waals surface area contributed by atoms with Crippen molar-refractivity contribution in [3.8, 4) is 0 Å². The third-order valence-electron chi connectivity index (χ3n) is 2.27. The summed E-state index contributed by atoms with van der Waals surface area (Å²) in [7, 11) is 0. The van der Waals surface area contributed by atoms with E-state index in [1.807, 2.05) is 0 Å². The number of amides is 1. The molecule has 18 heavy (non-hydrogen) atoms. The monoisotopic (exact) mass is 289 g/mol. The summed E-state index contributed by atoms with van der Waals surface area (Å²) in [5, 5.41) is 13.8. The summed E-state index contributed by atoms with van der Waals surface area (Å²) in [5.41, 5.74) is 5.55. The molecule has 0 unspecified atom stereocenters. The summed E-state index contributed by atoms with van der Waals surface area (Å²) in [6.45, 7) is 3.40. The molecule has 0 saturated carbocycles. The Labute approximate surface area is 113 Å². The van der Waals surface area contributed by atoms with Crippen molar-refractivity contribution in [1.82, 2.24) is 4.98 Å². The molecule has 8 heteroatoms. The van der Waals surface area contributed by atoms with Crippen LogP contribution >= 0.6 is 23.1 Å². The van der Waals surface area contributed by atoms with Crippen molar-refractivity contribution in [2.45, 2.75) is 24.6 Å². The van der Waals surface area contributed by atoms with E-state index in [2.05, 4.69) is 10.3 Å². The van der Waals surface area contributed by atoms with Crippen molar-refractivity contribution in [3.05, 3.63) is 11.6 Å². The Bertz CT molecular complexity index is 420. The molecular formula is C10H15N3O3S2. The van der Waals surface area contributed by atoms with Gasteiger partial charge in [-0.15, -0.1) is 23.1 Å². The summed E-state index contributed by atoms with van der Waals surface area (Å²) in [6, 6.07) is -1.02. The lowest BCUT2D eigenvalue weighted by molar-refractivity contribution is -0.139. The molecule has 0 aromatic carbocycles. The molecule has 0 fully saturated rings. The Morgan fingerprint density at radius 2 is 2.33 bits per heavy atom. The normalized spacial score (nSPS) is 13.1. The van der Waals surface area contributed by atoms with Crippen LogP contribution < -0.4 is 11.1 Å². The van der Waals surface area contributed by atoms with Crippen LogP contribution in [0.15, 0.2) is 11.6 Å². The number of thioether (sulfide) groups is 1. The molecule has 1 rings (SSSR count). The minimum absolute atomic E-state index is 0.133. The summed E-state index contributed by atoms with van der Waals surface area (Å²) >= 11 is 2.53. The molecule has 1 aromatic rings. The number of nitrogens with two attached hydrogens (primary N) is 1. The van der Waals surface area contributed by atoms with Crippen LogP contribution in [0.3, 0.4) is 0 Å². The molecule has 1 atom stereocenters. The number of nitrogens with one attached hydrogen (secondary N) is 1. The van der Waals surface area contributed by atoms with Crippen LogP contribution in [0, 0.1) is 0 Å². The van der Waals surface area contributed by atoms with Crippen molar-refractivity contribution >= 4 is 40.1 Å². The standard InChI is InChI=1S/C10H15N3O3S2/c1-10(2,7(11)8(15)16)18-5-6(14)13-9-12-3-4-17-9/h3-4,7H,5,11H2,1-2H3,(H,15,16)(H,12,13,14)/t7-/m1/s1. The number of rotatable bonds is 6. The van der Waals surface area contributed by atoms with E-state index in [0.29, 0.717) is 5.13 Å². The number of carboxylic acid groups (broad SMARTS) is 1. The first-order valence-corrected chi connectivity index (χ1v) is 7.01. The number of carboxylic acids is 1. The van der Waals surface area contributed by atoms with Crippen molar-refractivity contribution < 1.29 is 14.7 Å². The number of aromatic nitrogens is 1. The summed E-state index contributed by atoms with van der Waals surface area (Å²) in [6.07, 6.45) is 1.59. The summed E-state index contributed by atoms with van der Waals surface area (Å²) in [5.74, 6) is -1.17. The van der Waals surface area contributed by atoms with Crippen LogP contribution in [0.25, 0.3) is 0 Å². The quantitative estimate of drug-likeness (QED) is 0.721. The first-order chi connectivity index (χ1) is 8.33. The summed E-state index contributed by atoms with van der Waals surface area (Å²) < 4.78 is -0.716. The van der Waals surface area contributed by atoms with Crippen LogP contribution in [-0.2, 0) is 9.59 Å². The van der Waals surface area contributed by atoms with Crippen LogP contribution in [0.5, 0.6) is 0 Å². The molecule has 1 amide bonds. The molecule has 1 heterocycles. The minimum Gasteiger partial charge on any atom is -0.480 e. The fourth-order valence-corrected chi connectivity index (χ4v) is 2.48. The Hall–Kier alpha value is -1.12. The number of hydrogen-bond acceptors (Lipinski definition) is 6. The molecule has 0 aliphatic heterocycles. The van der Waals surface area contributed by atoms with Gasteiger partial charge in [0.15, 0.2) is 5.13 Å². The molecule has 0 aliphatic rings. The van der Waals surface area contributed by atoms with Crippen LogP contribution in [0.1, 0.15) is 13.8 Å². The van der Waals surface area contributed by atoms with E-state index < -0.39 is 16.8 Å². The van der Waals surface area contributed by atoms with Gasteiger partial charge in [0.1, 0.15) is 6.04 Å². The average Bonchev–Trinajstić information content (AvgIpc) is 2.78. The molecule has 0 saturated heterocycles. The minimum atomic E-state index is -1.08. The number of carbonyl (C=O) groups excluding carboxylic acids is 1. The van der Waals surface area contributed by atoms with Gasteiger partial charge in [-0.3, -0.25) is 9.59 Å². The second kappa shape index (κ2) is 6.17. The molecule has 0 bridgehead atoms. The lowest BCUT2D eigenvalue weighted by Gasteiger charge is -2.27. The predicted molar refractivity (Wildman–Crippen MR) is 72.9 cm³/mol. The topological polar surface area (TPSA) is 105 Å². The van der Waals surface area contributed by atoms with E-state index in [9.17, 15) is 9.59 Å². The van der Waals surface area contributed by atoms with Gasteiger partial charge in [0.2, 0.25) is 5.91 Å². The molecule has 100 valence electrons. The van der Waals surface area contributed by atoms with Gasteiger partial charge in [-0.2, -0.15) is 0 Å². The zero-order chi connectivity index (χ0) is 13.8. The van der Waals surface area contributed by atoms with E-state index in [-0.39, 0.29) is 11.7 Å². The highest BCUT2D eigenvalue weighted by molar-refractivity contribution is 8.01. The van der Waals surface area contributed by atoms with Gasteiger partial charge in [0.25, 0.3) is 0 Å². The average molecular weight is 289 g/mol. The smallest absolute Gasteiger partial charge is 0.321 e. The number of aliphatic carboxylic acids is 1. The second-order valence-electron chi connectivity index (χ2n) is 4.09. The van der Waals surface area contributed by atoms with Gasteiger partial charge in [-0.05, 0) is 13.8 Å². The van der Waals surface area contributed by atoms with Crippen molar-refractivity contribution in [2.24, 2.45) is 5.73 Å².